The average molecular weight is 678 g/mol. The van der Waals surface area contributed by atoms with Gasteiger partial charge in [-0.3, -0.25) is 9.59 Å². The molecule has 0 saturated carbocycles. The lowest BCUT2D eigenvalue weighted by atomic mass is 9.33. The summed E-state index contributed by atoms with van der Waals surface area (Å²) in [6.07, 6.45) is 0. The van der Waals surface area contributed by atoms with Crippen LogP contribution in [-0.4, -0.2) is 11.1 Å². The molecule has 0 aliphatic carbocycles. The second kappa shape index (κ2) is 11.9. The normalized spacial score (nSPS) is 12.8. The van der Waals surface area contributed by atoms with E-state index in [0.717, 1.165) is 44.6 Å². The number of para-hydroxylation sites is 2. The highest BCUT2D eigenvalue weighted by Crippen LogP contribution is 2.34. The van der Waals surface area contributed by atoms with E-state index in [4.69, 9.17) is 4.74 Å². The maximum atomic E-state index is 14.7. The van der Waals surface area contributed by atoms with E-state index in [2.05, 4.69) is 101 Å². The summed E-state index contributed by atoms with van der Waals surface area (Å²) >= 11 is 0. The quantitative estimate of drug-likeness (QED) is 0.104. The van der Waals surface area contributed by atoms with Gasteiger partial charge in [0, 0.05) is 27.6 Å². The molecule has 0 saturated heterocycles. The minimum atomic E-state index is -0.134. The van der Waals surface area contributed by atoms with Gasteiger partial charge >= 0.3 is 0 Å². The van der Waals surface area contributed by atoms with E-state index in [9.17, 15) is 9.59 Å². The third-order valence-electron chi connectivity index (χ3n) is 11.2. The van der Waals surface area contributed by atoms with Crippen molar-refractivity contribution >= 4 is 61.2 Å². The van der Waals surface area contributed by atoms with Crippen LogP contribution in [0, 0.1) is 0 Å². The Morgan fingerprint density at radius 3 is 1.81 bits per heavy atom. The molecule has 1 aliphatic heterocycles. The third kappa shape index (κ3) is 4.75. The van der Waals surface area contributed by atoms with Crippen LogP contribution in [0.1, 0.15) is 76.0 Å². The molecular formula is C47H40BNO3. The smallest absolute Gasteiger partial charge is 0.251 e. The Hall–Kier alpha value is -5.68. The van der Waals surface area contributed by atoms with Crippen molar-refractivity contribution in [3.63, 3.8) is 0 Å². The van der Waals surface area contributed by atoms with Gasteiger partial charge in [-0.1, -0.05) is 120 Å². The summed E-state index contributed by atoms with van der Waals surface area (Å²) in [6, 6.07) is 39.0. The molecular weight excluding hydrogens is 637 g/mol. The van der Waals surface area contributed by atoms with Gasteiger partial charge < -0.3 is 9.14 Å². The SMILES string of the molecule is CC(C)c1cc(C(C)C)c(B2c3ccccc3Oc3cc4c(cc32)c(=O)c2cccc3c(=O)c5cc(-c6ccccc6)ccc5n4c32)c(C(C)C)c1. The van der Waals surface area contributed by atoms with Crippen LogP contribution in [-0.2, 0) is 0 Å². The van der Waals surface area contributed by atoms with E-state index >= 15 is 0 Å². The van der Waals surface area contributed by atoms with Crippen molar-refractivity contribution in [2.24, 2.45) is 0 Å². The number of pyridine rings is 2. The molecule has 5 heteroatoms. The van der Waals surface area contributed by atoms with E-state index in [0.29, 0.717) is 33.0 Å². The van der Waals surface area contributed by atoms with E-state index in [1.165, 1.54) is 22.2 Å². The lowest BCUT2D eigenvalue weighted by Gasteiger charge is -2.32. The van der Waals surface area contributed by atoms with Gasteiger partial charge in [0.2, 0.25) is 0 Å². The number of aromatic nitrogens is 1. The van der Waals surface area contributed by atoms with Crippen LogP contribution in [0.3, 0.4) is 0 Å². The molecule has 0 spiro atoms. The first-order valence-electron chi connectivity index (χ1n) is 18.5. The summed E-state index contributed by atoms with van der Waals surface area (Å²) in [4.78, 5) is 28.9. The number of benzene rings is 6. The summed E-state index contributed by atoms with van der Waals surface area (Å²) in [5.41, 5.74) is 11.4. The van der Waals surface area contributed by atoms with Crippen LogP contribution in [0.5, 0.6) is 11.5 Å². The Bertz CT molecular complexity index is 2820. The molecule has 0 bridgehead atoms. The van der Waals surface area contributed by atoms with E-state index < -0.39 is 0 Å². The Morgan fingerprint density at radius 2 is 1.15 bits per heavy atom. The van der Waals surface area contributed by atoms with Crippen LogP contribution in [0.4, 0.5) is 0 Å². The highest BCUT2D eigenvalue weighted by Gasteiger charge is 2.37. The molecule has 0 unspecified atom stereocenters. The number of nitrogens with zero attached hydrogens (tertiary/aromatic N) is 1. The van der Waals surface area contributed by atoms with Gasteiger partial charge in [0.25, 0.3) is 6.71 Å². The average Bonchev–Trinajstić information content (AvgIpc) is 3.15. The van der Waals surface area contributed by atoms with Crippen LogP contribution < -0.4 is 32.0 Å². The lowest BCUT2D eigenvalue weighted by molar-refractivity contribution is 0.488. The molecule has 0 fully saturated rings. The molecule has 2 aromatic heterocycles. The summed E-state index contributed by atoms with van der Waals surface area (Å²) in [7, 11) is 0. The molecule has 1 aliphatic rings. The monoisotopic (exact) mass is 677 g/mol. The lowest BCUT2D eigenvalue weighted by Crippen LogP contribution is -2.57. The second-order valence-corrected chi connectivity index (χ2v) is 15.4. The van der Waals surface area contributed by atoms with Gasteiger partial charge in [0.1, 0.15) is 11.5 Å². The van der Waals surface area contributed by atoms with Crippen molar-refractivity contribution in [2.45, 2.75) is 59.3 Å². The molecule has 6 aromatic carbocycles. The summed E-state index contributed by atoms with van der Waals surface area (Å²) in [5, 5.41) is 2.29. The molecule has 8 aromatic rings. The third-order valence-corrected chi connectivity index (χ3v) is 11.2. The predicted octanol–water partition coefficient (Wildman–Crippen LogP) is 9.22. The van der Waals surface area contributed by atoms with E-state index in [-0.39, 0.29) is 29.4 Å². The van der Waals surface area contributed by atoms with Crippen molar-refractivity contribution in [2.75, 3.05) is 0 Å². The van der Waals surface area contributed by atoms with E-state index in [1.54, 1.807) is 0 Å². The molecule has 254 valence electrons. The fourth-order valence-electron chi connectivity index (χ4n) is 8.56. The Kier molecular flexibility index (Phi) is 7.41. The number of fused-ring (bicyclic) bond motifs is 6. The molecule has 0 atom stereocenters. The predicted molar refractivity (Wildman–Crippen MR) is 219 cm³/mol. The maximum Gasteiger partial charge on any atom is 0.251 e. The molecule has 4 nitrogen and oxygen atoms in total. The fourth-order valence-corrected chi connectivity index (χ4v) is 8.56. The summed E-state index contributed by atoms with van der Waals surface area (Å²) in [5.74, 6) is 2.53. The maximum absolute atomic E-state index is 14.7. The highest BCUT2D eigenvalue weighted by atomic mass is 16.5. The summed E-state index contributed by atoms with van der Waals surface area (Å²) in [6.45, 7) is 13.5. The standard InChI is InChI=1S/C47H40BNO3/c1-26(2)31-22-34(27(3)4)44(35(23-31)28(5)6)48-38-17-10-11-18-42(38)52-43-25-41-37(24-39(43)48)47(51)33-16-12-15-32-45(33)49(41)40-20-19-30(21-36(40)46(32)50)29-13-8-7-9-14-29/h7-28H,1-6H3. The minimum absolute atomic E-state index is 0.0763. The number of rotatable bonds is 5. The zero-order valence-electron chi connectivity index (χ0n) is 30.5. The number of ether oxygens (including phenoxy) is 1. The van der Waals surface area contributed by atoms with Gasteiger partial charge in [-0.15, -0.1) is 0 Å². The zero-order chi connectivity index (χ0) is 36.0. The van der Waals surface area contributed by atoms with Gasteiger partial charge in [0.05, 0.1) is 16.6 Å². The van der Waals surface area contributed by atoms with Gasteiger partial charge in [-0.05, 0) is 92.9 Å². The van der Waals surface area contributed by atoms with Crippen molar-refractivity contribution in [1.82, 2.24) is 4.40 Å². The second-order valence-electron chi connectivity index (χ2n) is 15.4. The minimum Gasteiger partial charge on any atom is -0.458 e. The zero-order valence-corrected chi connectivity index (χ0v) is 30.5. The van der Waals surface area contributed by atoms with Gasteiger partial charge in [-0.2, -0.15) is 0 Å². The Morgan fingerprint density at radius 1 is 0.519 bits per heavy atom. The van der Waals surface area contributed by atoms with E-state index in [1.807, 2.05) is 60.7 Å². The fraction of sp³-hybridized carbons (Fsp3) is 0.191. The van der Waals surface area contributed by atoms with Crippen LogP contribution in [0.25, 0.3) is 49.2 Å². The highest BCUT2D eigenvalue weighted by molar-refractivity contribution is 6.97. The molecule has 52 heavy (non-hydrogen) atoms. The Labute approximate surface area is 303 Å². The van der Waals surface area contributed by atoms with Crippen LogP contribution >= 0.6 is 0 Å². The largest absolute Gasteiger partial charge is 0.458 e. The van der Waals surface area contributed by atoms with Crippen LogP contribution in [0.15, 0.2) is 125 Å². The molecule has 9 rings (SSSR count). The van der Waals surface area contributed by atoms with Crippen LogP contribution in [0.2, 0.25) is 0 Å². The molecule has 3 heterocycles. The Balaban J connectivity index is 1.41. The summed E-state index contributed by atoms with van der Waals surface area (Å²) < 4.78 is 8.92. The number of hydrogen-bond donors (Lipinski definition) is 0. The first kappa shape index (κ1) is 32.2. The molecule has 0 N–H and O–H groups in total. The van der Waals surface area contributed by atoms with Crippen molar-refractivity contribution in [3.8, 4) is 22.6 Å². The topological polar surface area (TPSA) is 47.8 Å². The molecule has 0 radical (unpaired) electrons. The first-order chi connectivity index (χ1) is 25.1. The van der Waals surface area contributed by atoms with Crippen molar-refractivity contribution in [3.05, 3.63) is 152 Å². The van der Waals surface area contributed by atoms with Gasteiger partial charge in [0.15, 0.2) is 10.9 Å². The number of hydrogen-bond acceptors (Lipinski definition) is 3. The first-order valence-corrected chi connectivity index (χ1v) is 18.5. The van der Waals surface area contributed by atoms with Crippen molar-refractivity contribution in [1.29, 1.82) is 0 Å². The van der Waals surface area contributed by atoms with Crippen molar-refractivity contribution < 1.29 is 4.74 Å². The molecule has 0 amide bonds. The van der Waals surface area contributed by atoms with Gasteiger partial charge in [-0.25, -0.2) is 0 Å².